The number of fused-ring (bicyclic) bond motifs is 1. The van der Waals surface area contributed by atoms with Crippen molar-refractivity contribution in [2.45, 2.75) is 6.42 Å². The Hall–Kier alpha value is -1.13. The Morgan fingerprint density at radius 1 is 1.39 bits per heavy atom. The fourth-order valence-electron chi connectivity index (χ4n) is 1.82. The van der Waals surface area contributed by atoms with E-state index in [4.69, 9.17) is 0 Å². The Labute approximate surface area is 116 Å². The molecule has 1 aromatic heterocycles. The number of hydrogen-bond acceptors (Lipinski definition) is 3. The summed E-state index contributed by atoms with van der Waals surface area (Å²) in [6, 6.07) is 9.26. The van der Waals surface area contributed by atoms with Gasteiger partial charge in [-0.1, -0.05) is 15.9 Å². The molecule has 2 aromatic rings. The van der Waals surface area contributed by atoms with Gasteiger partial charge in [0, 0.05) is 28.7 Å². The van der Waals surface area contributed by atoms with Gasteiger partial charge in [-0.05, 0) is 45.3 Å². The van der Waals surface area contributed by atoms with E-state index in [2.05, 4.69) is 57.4 Å². The third-order valence-electron chi connectivity index (χ3n) is 2.72. The van der Waals surface area contributed by atoms with Crippen LogP contribution in [0.25, 0.3) is 10.9 Å². The van der Waals surface area contributed by atoms with Gasteiger partial charge in [-0.3, -0.25) is 4.98 Å². The molecule has 0 saturated carbocycles. The number of rotatable bonds is 5. The maximum absolute atomic E-state index is 4.31. The molecule has 1 heterocycles. The minimum atomic E-state index is 0.945. The van der Waals surface area contributed by atoms with E-state index in [0.717, 1.165) is 40.6 Å². The fraction of sp³-hybridized carbons (Fsp3) is 0.357. The number of anilines is 1. The molecule has 3 nitrogen and oxygen atoms in total. The van der Waals surface area contributed by atoms with Crippen molar-refractivity contribution in [1.29, 1.82) is 0 Å². The smallest absolute Gasteiger partial charge is 0.0724 e. The van der Waals surface area contributed by atoms with Crippen molar-refractivity contribution >= 4 is 32.5 Å². The van der Waals surface area contributed by atoms with E-state index >= 15 is 0 Å². The number of nitrogens with one attached hydrogen (secondary N) is 1. The molecule has 4 heteroatoms. The zero-order valence-electron chi connectivity index (χ0n) is 10.7. The predicted octanol–water partition coefficient (Wildman–Crippen LogP) is 3.16. The quantitative estimate of drug-likeness (QED) is 0.860. The van der Waals surface area contributed by atoms with Gasteiger partial charge in [0.2, 0.25) is 0 Å². The van der Waals surface area contributed by atoms with Crippen molar-refractivity contribution in [3.63, 3.8) is 0 Å². The summed E-state index contributed by atoms with van der Waals surface area (Å²) in [6.45, 7) is 2.03. The van der Waals surface area contributed by atoms with Crippen LogP contribution >= 0.6 is 15.9 Å². The van der Waals surface area contributed by atoms with Crippen LogP contribution in [0.4, 0.5) is 5.69 Å². The first-order chi connectivity index (χ1) is 8.66. The molecule has 95 valence electrons. The lowest BCUT2D eigenvalue weighted by Crippen LogP contribution is -2.16. The average Bonchev–Trinajstić information content (AvgIpc) is 2.34. The van der Waals surface area contributed by atoms with E-state index in [9.17, 15) is 0 Å². The van der Waals surface area contributed by atoms with E-state index in [1.165, 1.54) is 0 Å². The lowest BCUT2D eigenvalue weighted by atomic mass is 10.2. The van der Waals surface area contributed by atoms with E-state index in [1.54, 1.807) is 6.20 Å². The molecule has 0 aliphatic rings. The molecule has 0 saturated heterocycles. The van der Waals surface area contributed by atoms with Crippen LogP contribution in [0.2, 0.25) is 0 Å². The largest absolute Gasteiger partial charge is 0.384 e. The highest BCUT2D eigenvalue weighted by atomic mass is 79.9. The second-order valence-electron chi connectivity index (χ2n) is 4.52. The van der Waals surface area contributed by atoms with Crippen molar-refractivity contribution in [2.24, 2.45) is 0 Å². The zero-order chi connectivity index (χ0) is 13.0. The number of nitrogens with zero attached hydrogens (tertiary/aromatic N) is 2. The molecule has 18 heavy (non-hydrogen) atoms. The molecule has 1 N–H and O–H groups in total. The van der Waals surface area contributed by atoms with Gasteiger partial charge in [-0.25, -0.2) is 0 Å². The first-order valence-electron chi connectivity index (χ1n) is 6.01. The van der Waals surface area contributed by atoms with Crippen molar-refractivity contribution < 1.29 is 0 Å². The molecule has 2 rings (SSSR count). The molecule has 1 radical (unpaired) electrons. The van der Waals surface area contributed by atoms with Crippen LogP contribution in [-0.2, 0) is 0 Å². The summed E-state index contributed by atoms with van der Waals surface area (Å²) in [5.41, 5.74) is 2.02. The Bertz CT molecular complexity index is 525. The van der Waals surface area contributed by atoms with Crippen molar-refractivity contribution in [2.75, 3.05) is 32.5 Å². The number of benzene rings is 1. The van der Waals surface area contributed by atoms with E-state index in [0.29, 0.717) is 0 Å². The van der Waals surface area contributed by atoms with Gasteiger partial charge >= 0.3 is 0 Å². The topological polar surface area (TPSA) is 28.2 Å². The number of halogens is 1. The second-order valence-corrected chi connectivity index (χ2v) is 5.44. The van der Waals surface area contributed by atoms with Crippen LogP contribution in [-0.4, -0.2) is 37.1 Å². The summed E-state index contributed by atoms with van der Waals surface area (Å²) in [5, 5.41) is 4.54. The molecule has 0 fully saturated rings. The molecule has 0 atom stereocenters. The molecule has 0 bridgehead atoms. The molecular weight excluding hydrogens is 290 g/mol. The third kappa shape index (κ3) is 3.43. The van der Waals surface area contributed by atoms with Gasteiger partial charge in [0.05, 0.1) is 11.2 Å². The number of aromatic nitrogens is 1. The lowest BCUT2D eigenvalue weighted by molar-refractivity contribution is 0.405. The maximum atomic E-state index is 4.31. The molecule has 0 aliphatic carbocycles. The highest BCUT2D eigenvalue weighted by Crippen LogP contribution is 2.24. The zero-order valence-corrected chi connectivity index (χ0v) is 12.3. The third-order valence-corrected chi connectivity index (χ3v) is 3.22. The summed E-state index contributed by atoms with van der Waals surface area (Å²) < 4.78 is 1.06. The molecule has 1 aromatic carbocycles. The summed E-state index contributed by atoms with van der Waals surface area (Å²) in [7, 11) is 4.18. The van der Waals surface area contributed by atoms with Gasteiger partial charge in [0.25, 0.3) is 0 Å². The fourth-order valence-corrected chi connectivity index (χ4v) is 2.18. The summed E-state index contributed by atoms with van der Waals surface area (Å²) in [6.07, 6.45) is 2.84. The van der Waals surface area contributed by atoms with Gasteiger partial charge in [0.1, 0.15) is 0 Å². The van der Waals surface area contributed by atoms with Crippen LogP contribution in [0, 0.1) is 6.07 Å². The van der Waals surface area contributed by atoms with Crippen LogP contribution < -0.4 is 5.32 Å². The van der Waals surface area contributed by atoms with Crippen LogP contribution in [0.5, 0.6) is 0 Å². The van der Waals surface area contributed by atoms with E-state index < -0.39 is 0 Å². The second kappa shape index (κ2) is 6.16. The minimum Gasteiger partial charge on any atom is -0.384 e. The lowest BCUT2D eigenvalue weighted by Gasteiger charge is -2.12. The van der Waals surface area contributed by atoms with Crippen LogP contribution in [0.15, 0.2) is 28.9 Å². The minimum absolute atomic E-state index is 0.945. The Morgan fingerprint density at radius 2 is 2.22 bits per heavy atom. The molecule has 0 unspecified atom stereocenters. The van der Waals surface area contributed by atoms with E-state index in [1.807, 2.05) is 12.1 Å². The highest BCUT2D eigenvalue weighted by molar-refractivity contribution is 9.10. The molecule has 0 amide bonds. The summed E-state index contributed by atoms with van der Waals surface area (Å²) in [5.74, 6) is 0. The first kappa shape index (κ1) is 13.3. The maximum Gasteiger partial charge on any atom is 0.0724 e. The van der Waals surface area contributed by atoms with Crippen molar-refractivity contribution in [3.05, 3.63) is 34.9 Å². The van der Waals surface area contributed by atoms with Crippen LogP contribution in [0.3, 0.4) is 0 Å². The predicted molar refractivity (Wildman–Crippen MR) is 79.9 cm³/mol. The number of hydrogen-bond donors (Lipinski definition) is 1. The van der Waals surface area contributed by atoms with Crippen molar-refractivity contribution in [3.8, 4) is 0 Å². The number of pyridine rings is 1. The highest BCUT2D eigenvalue weighted by Gasteiger charge is 2.02. The van der Waals surface area contributed by atoms with Gasteiger partial charge in [0.15, 0.2) is 0 Å². The Balaban J connectivity index is 2.10. The van der Waals surface area contributed by atoms with Gasteiger partial charge in [-0.2, -0.15) is 0 Å². The molecule has 0 spiro atoms. The monoisotopic (exact) mass is 306 g/mol. The molecular formula is C14H17BrN3. The van der Waals surface area contributed by atoms with Gasteiger partial charge < -0.3 is 10.2 Å². The summed E-state index contributed by atoms with van der Waals surface area (Å²) >= 11 is 3.49. The average molecular weight is 307 g/mol. The van der Waals surface area contributed by atoms with Gasteiger partial charge in [-0.15, -0.1) is 0 Å². The SMILES string of the molecule is CN(C)CCCNc1[c]cnc2ccc(Br)cc12. The standard InChI is InChI=1S/C14H17BrN3/c1-18(2)9-3-7-16-14-6-8-17-13-5-4-11(15)10-12(13)14/h4-5,8,10H,3,7,9H2,1-2H3,(H,16,17). The van der Waals surface area contributed by atoms with Crippen molar-refractivity contribution in [1.82, 2.24) is 9.88 Å². The first-order valence-corrected chi connectivity index (χ1v) is 6.80. The van der Waals surface area contributed by atoms with E-state index in [-0.39, 0.29) is 0 Å². The molecule has 0 aliphatic heterocycles. The summed E-state index contributed by atoms with van der Waals surface area (Å²) in [4.78, 5) is 6.50. The Morgan fingerprint density at radius 3 is 3.00 bits per heavy atom. The Kier molecular flexibility index (Phi) is 4.55. The van der Waals surface area contributed by atoms with Crippen LogP contribution in [0.1, 0.15) is 6.42 Å². The normalized spacial score (nSPS) is 11.1.